The molecular formula is C22H20F3N3O4S. The highest BCUT2D eigenvalue weighted by Crippen LogP contribution is 2.30. The number of aromatic nitrogens is 2. The highest BCUT2D eigenvalue weighted by atomic mass is 32.1. The number of amides is 1. The number of thiophene rings is 1. The molecule has 33 heavy (non-hydrogen) atoms. The number of carbonyl (C=O) groups excluding carboxylic acids is 2. The molecule has 0 bridgehead atoms. The summed E-state index contributed by atoms with van der Waals surface area (Å²) >= 11 is 1.45. The van der Waals surface area contributed by atoms with E-state index in [-0.39, 0.29) is 17.4 Å². The molecule has 0 aliphatic carbocycles. The number of hydrogen-bond acceptors (Lipinski definition) is 7. The summed E-state index contributed by atoms with van der Waals surface area (Å²) in [7, 11) is 0. The minimum Gasteiger partial charge on any atom is -0.452 e. The third-order valence-corrected chi connectivity index (χ3v) is 6.25. The van der Waals surface area contributed by atoms with Crippen molar-refractivity contribution in [2.45, 2.75) is 32.0 Å². The number of ether oxygens (including phenoxy) is 1. The summed E-state index contributed by atoms with van der Waals surface area (Å²) in [5.41, 5.74) is -0.631. The van der Waals surface area contributed by atoms with Crippen molar-refractivity contribution in [2.24, 2.45) is 5.92 Å². The molecule has 1 unspecified atom stereocenters. The van der Waals surface area contributed by atoms with E-state index in [1.807, 2.05) is 17.5 Å². The van der Waals surface area contributed by atoms with Crippen LogP contribution < -0.4 is 0 Å². The second kappa shape index (κ2) is 9.34. The summed E-state index contributed by atoms with van der Waals surface area (Å²) < 4.78 is 49.2. The van der Waals surface area contributed by atoms with Crippen LogP contribution in [0.4, 0.5) is 13.2 Å². The minimum absolute atomic E-state index is 0.176. The maximum absolute atomic E-state index is 12.7. The van der Waals surface area contributed by atoms with Crippen LogP contribution in [0.15, 0.2) is 46.2 Å². The Morgan fingerprint density at radius 2 is 1.85 bits per heavy atom. The van der Waals surface area contributed by atoms with E-state index >= 15 is 0 Å². The highest BCUT2D eigenvalue weighted by molar-refractivity contribution is 7.13. The van der Waals surface area contributed by atoms with Gasteiger partial charge in [0.25, 0.3) is 17.7 Å². The van der Waals surface area contributed by atoms with Crippen LogP contribution in [-0.2, 0) is 15.7 Å². The second-order valence-corrected chi connectivity index (χ2v) is 8.59. The average molecular weight is 479 g/mol. The first-order valence-corrected chi connectivity index (χ1v) is 11.1. The van der Waals surface area contributed by atoms with E-state index in [0.717, 1.165) is 17.0 Å². The lowest BCUT2D eigenvalue weighted by Crippen LogP contribution is -2.40. The predicted octanol–water partition coefficient (Wildman–Crippen LogP) is 4.97. The zero-order valence-electron chi connectivity index (χ0n) is 17.5. The Kier molecular flexibility index (Phi) is 6.50. The summed E-state index contributed by atoms with van der Waals surface area (Å²) in [5, 5.41) is 9.81. The number of hydrogen-bond donors (Lipinski definition) is 0. The van der Waals surface area contributed by atoms with Gasteiger partial charge in [-0.3, -0.25) is 9.59 Å². The second-order valence-electron chi connectivity index (χ2n) is 7.64. The van der Waals surface area contributed by atoms with E-state index in [4.69, 9.17) is 9.15 Å². The maximum atomic E-state index is 12.7. The number of piperidine rings is 1. The summed E-state index contributed by atoms with van der Waals surface area (Å²) in [4.78, 5) is 27.5. The normalized spacial score (nSPS) is 15.9. The number of alkyl halides is 3. The molecule has 1 atom stereocenters. The lowest BCUT2D eigenvalue weighted by atomic mass is 9.96. The van der Waals surface area contributed by atoms with Crippen molar-refractivity contribution in [3.63, 3.8) is 0 Å². The lowest BCUT2D eigenvalue weighted by Gasteiger charge is -2.31. The zero-order chi connectivity index (χ0) is 23.6. The Bertz CT molecular complexity index is 1100. The summed E-state index contributed by atoms with van der Waals surface area (Å²) in [6, 6.07) is 7.82. The molecule has 3 heterocycles. The molecule has 1 aromatic carbocycles. The van der Waals surface area contributed by atoms with E-state index < -0.39 is 29.7 Å². The van der Waals surface area contributed by atoms with Crippen molar-refractivity contribution >= 4 is 23.2 Å². The van der Waals surface area contributed by atoms with Crippen LogP contribution in [0.2, 0.25) is 0 Å². The van der Waals surface area contributed by atoms with Crippen LogP contribution in [0.25, 0.3) is 10.8 Å². The molecule has 0 radical (unpaired) electrons. The molecule has 174 valence electrons. The molecule has 2 aromatic heterocycles. The molecule has 11 heteroatoms. The Hall–Kier alpha value is -3.21. The molecule has 4 rings (SSSR count). The summed E-state index contributed by atoms with van der Waals surface area (Å²) in [6.45, 7) is 2.25. The van der Waals surface area contributed by atoms with Crippen molar-refractivity contribution in [3.8, 4) is 10.8 Å². The molecule has 1 saturated heterocycles. The van der Waals surface area contributed by atoms with Crippen LogP contribution in [0.5, 0.6) is 0 Å². The number of nitrogens with zero attached hydrogens (tertiary/aromatic N) is 3. The van der Waals surface area contributed by atoms with Gasteiger partial charge >= 0.3 is 12.1 Å². The third kappa shape index (κ3) is 5.24. The number of likely N-dealkylation sites (tertiary alicyclic amines) is 1. The Labute approximate surface area is 191 Å². The van der Waals surface area contributed by atoms with Crippen LogP contribution in [0.3, 0.4) is 0 Å². The van der Waals surface area contributed by atoms with Gasteiger partial charge in [0.1, 0.15) is 0 Å². The summed E-state index contributed by atoms with van der Waals surface area (Å²) in [6.07, 6.45) is -4.39. The molecule has 1 aliphatic rings. The van der Waals surface area contributed by atoms with E-state index in [2.05, 4.69) is 10.2 Å². The number of carbonyl (C=O) groups is 2. The van der Waals surface area contributed by atoms with Gasteiger partial charge in [0, 0.05) is 18.7 Å². The SMILES string of the molecule is CC(OC(=O)C1CCN(C(=O)c2ccc(C(F)(F)F)cc2)CC1)c1nnc(-c2cccs2)o1. The number of benzene rings is 1. The summed E-state index contributed by atoms with van der Waals surface area (Å²) in [5.74, 6) is -0.626. The molecule has 1 amide bonds. The molecule has 1 aliphatic heterocycles. The number of esters is 1. The first-order valence-electron chi connectivity index (χ1n) is 10.3. The van der Waals surface area contributed by atoms with E-state index in [1.54, 1.807) is 6.92 Å². The van der Waals surface area contributed by atoms with Gasteiger partial charge < -0.3 is 14.1 Å². The van der Waals surface area contributed by atoms with Gasteiger partial charge in [0.2, 0.25) is 0 Å². The van der Waals surface area contributed by atoms with Gasteiger partial charge in [0.05, 0.1) is 16.4 Å². The van der Waals surface area contributed by atoms with Crippen LogP contribution >= 0.6 is 11.3 Å². The van der Waals surface area contributed by atoms with Crippen LogP contribution in [0, 0.1) is 5.92 Å². The molecule has 1 fully saturated rings. The highest BCUT2D eigenvalue weighted by Gasteiger charge is 2.32. The number of rotatable bonds is 5. The lowest BCUT2D eigenvalue weighted by molar-refractivity contribution is -0.156. The van der Waals surface area contributed by atoms with Gasteiger partial charge in [-0.2, -0.15) is 13.2 Å². The third-order valence-electron chi connectivity index (χ3n) is 5.39. The van der Waals surface area contributed by atoms with Crippen molar-refractivity contribution < 1.29 is 31.9 Å². The Morgan fingerprint density at radius 1 is 1.15 bits per heavy atom. The molecule has 0 saturated carbocycles. The van der Waals surface area contributed by atoms with Gasteiger partial charge in [-0.25, -0.2) is 0 Å². The van der Waals surface area contributed by atoms with Crippen molar-refractivity contribution in [1.29, 1.82) is 0 Å². The van der Waals surface area contributed by atoms with Crippen molar-refractivity contribution in [2.75, 3.05) is 13.1 Å². The Balaban J connectivity index is 1.29. The van der Waals surface area contributed by atoms with Gasteiger partial charge in [0.15, 0.2) is 6.10 Å². The Morgan fingerprint density at radius 3 is 2.45 bits per heavy atom. The fraction of sp³-hybridized carbons (Fsp3) is 0.364. The molecule has 7 nitrogen and oxygen atoms in total. The fourth-order valence-corrected chi connectivity index (χ4v) is 4.17. The van der Waals surface area contributed by atoms with Gasteiger partial charge in [-0.15, -0.1) is 21.5 Å². The fourth-order valence-electron chi connectivity index (χ4n) is 3.52. The van der Waals surface area contributed by atoms with Crippen LogP contribution in [0.1, 0.15) is 47.7 Å². The number of halogens is 3. The van der Waals surface area contributed by atoms with E-state index in [0.29, 0.717) is 31.8 Å². The van der Waals surface area contributed by atoms with E-state index in [1.165, 1.54) is 28.4 Å². The molecular weight excluding hydrogens is 459 g/mol. The molecule has 3 aromatic rings. The zero-order valence-corrected chi connectivity index (χ0v) is 18.4. The minimum atomic E-state index is -4.45. The first-order chi connectivity index (χ1) is 15.7. The molecule has 0 N–H and O–H groups in total. The first kappa shape index (κ1) is 23.0. The smallest absolute Gasteiger partial charge is 0.416 e. The molecule has 0 spiro atoms. The largest absolute Gasteiger partial charge is 0.452 e. The van der Waals surface area contributed by atoms with Crippen molar-refractivity contribution in [1.82, 2.24) is 15.1 Å². The quantitative estimate of drug-likeness (QED) is 0.480. The maximum Gasteiger partial charge on any atom is 0.416 e. The standard InChI is InChI=1S/C22H20F3N3O4S/c1-13(18-26-27-19(32-18)17-3-2-12-33-17)31-21(30)15-8-10-28(11-9-15)20(29)14-4-6-16(7-5-14)22(23,24)25/h2-7,12-13,15H,8-11H2,1H3. The van der Waals surface area contributed by atoms with Gasteiger partial charge in [-0.05, 0) is 55.5 Å². The van der Waals surface area contributed by atoms with Crippen LogP contribution in [-0.4, -0.2) is 40.1 Å². The van der Waals surface area contributed by atoms with E-state index in [9.17, 15) is 22.8 Å². The predicted molar refractivity (Wildman–Crippen MR) is 112 cm³/mol. The monoisotopic (exact) mass is 479 g/mol. The van der Waals surface area contributed by atoms with Crippen molar-refractivity contribution in [3.05, 3.63) is 58.8 Å². The van der Waals surface area contributed by atoms with Gasteiger partial charge in [-0.1, -0.05) is 6.07 Å². The average Bonchev–Trinajstić information content (AvgIpc) is 3.50. The topological polar surface area (TPSA) is 85.5 Å².